The number of halogens is 2. The van der Waals surface area contributed by atoms with Crippen molar-refractivity contribution in [2.24, 2.45) is 0 Å². The first-order valence-corrected chi connectivity index (χ1v) is 8.91. The molecule has 26 heavy (non-hydrogen) atoms. The number of esters is 1. The summed E-state index contributed by atoms with van der Waals surface area (Å²) in [6, 6.07) is 11.9. The van der Waals surface area contributed by atoms with Crippen LogP contribution in [-0.4, -0.2) is 18.0 Å². The highest BCUT2D eigenvalue weighted by Crippen LogP contribution is 2.26. The Kier molecular flexibility index (Phi) is 6.32. The zero-order valence-corrected chi connectivity index (χ0v) is 16.6. The maximum Gasteiger partial charge on any atom is 0.338 e. The number of ether oxygens (including phenoxy) is 1. The Morgan fingerprint density at radius 3 is 2.23 bits per heavy atom. The van der Waals surface area contributed by atoms with E-state index in [0.717, 1.165) is 5.56 Å². The zero-order valence-electron chi connectivity index (χ0n) is 15.1. The Hall–Kier alpha value is -2.04. The molecule has 1 amide bonds. The van der Waals surface area contributed by atoms with Crippen molar-refractivity contribution in [1.82, 2.24) is 0 Å². The Labute approximate surface area is 163 Å². The third-order valence-corrected chi connectivity index (χ3v) is 4.39. The van der Waals surface area contributed by atoms with E-state index in [1.807, 2.05) is 12.1 Å². The number of rotatable bonds is 4. The van der Waals surface area contributed by atoms with Crippen molar-refractivity contribution in [2.45, 2.75) is 39.2 Å². The molecule has 0 aliphatic heterocycles. The van der Waals surface area contributed by atoms with Gasteiger partial charge in [-0.15, -0.1) is 0 Å². The molecular weight excluding hydrogens is 373 g/mol. The Morgan fingerprint density at radius 2 is 1.65 bits per heavy atom. The molecule has 0 saturated carbocycles. The van der Waals surface area contributed by atoms with Gasteiger partial charge < -0.3 is 10.1 Å². The molecule has 0 heterocycles. The number of carbonyl (C=O) groups is 2. The van der Waals surface area contributed by atoms with Crippen molar-refractivity contribution in [3.8, 4) is 0 Å². The summed E-state index contributed by atoms with van der Waals surface area (Å²) in [4.78, 5) is 24.5. The molecule has 0 unspecified atom stereocenters. The largest absolute Gasteiger partial charge is 0.449 e. The average molecular weight is 394 g/mol. The predicted molar refractivity (Wildman–Crippen MR) is 105 cm³/mol. The zero-order chi connectivity index (χ0) is 19.5. The highest BCUT2D eigenvalue weighted by atomic mass is 35.5. The number of nitrogens with one attached hydrogen (secondary N) is 1. The van der Waals surface area contributed by atoms with Crippen LogP contribution in [-0.2, 0) is 14.9 Å². The highest BCUT2D eigenvalue weighted by Gasteiger charge is 2.21. The van der Waals surface area contributed by atoms with E-state index in [2.05, 4.69) is 26.1 Å². The van der Waals surface area contributed by atoms with Crippen LogP contribution in [0, 0.1) is 0 Å². The summed E-state index contributed by atoms with van der Waals surface area (Å²) in [5, 5.41) is 3.39. The molecule has 0 spiro atoms. The van der Waals surface area contributed by atoms with Crippen LogP contribution < -0.4 is 5.32 Å². The van der Waals surface area contributed by atoms with Gasteiger partial charge >= 0.3 is 5.97 Å². The van der Waals surface area contributed by atoms with E-state index in [1.54, 1.807) is 24.3 Å². The van der Waals surface area contributed by atoms with Gasteiger partial charge in [-0.3, -0.25) is 4.79 Å². The second-order valence-corrected chi connectivity index (χ2v) is 7.83. The minimum Gasteiger partial charge on any atom is -0.449 e. The van der Waals surface area contributed by atoms with Gasteiger partial charge in [-0.2, -0.15) is 0 Å². The smallest absolute Gasteiger partial charge is 0.338 e. The molecule has 2 aromatic carbocycles. The fraction of sp³-hybridized carbons (Fsp3) is 0.300. The SMILES string of the molecule is C[C@H](OC(=O)c1ccc(C(C)(C)C)cc1)C(=O)Nc1cc(Cl)ccc1Cl. The molecule has 4 nitrogen and oxygen atoms in total. The van der Waals surface area contributed by atoms with Crippen LogP contribution in [0.3, 0.4) is 0 Å². The van der Waals surface area contributed by atoms with Gasteiger partial charge in [0.15, 0.2) is 6.10 Å². The minimum atomic E-state index is -0.986. The van der Waals surface area contributed by atoms with E-state index >= 15 is 0 Å². The molecule has 0 saturated heterocycles. The summed E-state index contributed by atoms with van der Waals surface area (Å²) >= 11 is 11.9. The van der Waals surface area contributed by atoms with Gasteiger partial charge in [0, 0.05) is 5.02 Å². The summed E-state index contributed by atoms with van der Waals surface area (Å²) in [6.45, 7) is 7.77. The first-order valence-electron chi connectivity index (χ1n) is 8.15. The van der Waals surface area contributed by atoms with Gasteiger partial charge in [-0.1, -0.05) is 56.1 Å². The summed E-state index contributed by atoms with van der Waals surface area (Å²) in [5.41, 5.74) is 1.85. The van der Waals surface area contributed by atoms with Gasteiger partial charge in [0.05, 0.1) is 16.3 Å². The maximum atomic E-state index is 12.2. The van der Waals surface area contributed by atoms with Crippen LogP contribution >= 0.6 is 23.2 Å². The van der Waals surface area contributed by atoms with Crippen molar-refractivity contribution < 1.29 is 14.3 Å². The lowest BCUT2D eigenvalue weighted by atomic mass is 9.87. The Bertz CT molecular complexity index is 811. The van der Waals surface area contributed by atoms with E-state index < -0.39 is 18.0 Å². The molecule has 0 aliphatic rings. The molecular formula is C20H21Cl2NO3. The maximum absolute atomic E-state index is 12.2. The number of carbonyl (C=O) groups excluding carboxylic acids is 2. The quantitative estimate of drug-likeness (QED) is 0.700. The average Bonchev–Trinajstić information content (AvgIpc) is 2.57. The number of hydrogen-bond acceptors (Lipinski definition) is 3. The van der Waals surface area contributed by atoms with Crippen LogP contribution in [0.2, 0.25) is 10.0 Å². The first kappa shape index (κ1) is 20.3. The topological polar surface area (TPSA) is 55.4 Å². The summed E-state index contributed by atoms with van der Waals surface area (Å²) in [5.74, 6) is -1.06. The van der Waals surface area contributed by atoms with Crippen molar-refractivity contribution in [3.05, 3.63) is 63.6 Å². The summed E-state index contributed by atoms with van der Waals surface area (Å²) < 4.78 is 5.24. The van der Waals surface area contributed by atoms with E-state index in [-0.39, 0.29) is 5.41 Å². The fourth-order valence-electron chi connectivity index (χ4n) is 2.22. The van der Waals surface area contributed by atoms with Crippen molar-refractivity contribution >= 4 is 40.8 Å². The highest BCUT2D eigenvalue weighted by molar-refractivity contribution is 6.35. The molecule has 138 valence electrons. The van der Waals surface area contributed by atoms with E-state index in [0.29, 0.717) is 21.3 Å². The molecule has 0 aliphatic carbocycles. The van der Waals surface area contributed by atoms with Crippen LogP contribution in [0.15, 0.2) is 42.5 Å². The molecule has 2 aromatic rings. The number of benzene rings is 2. The monoisotopic (exact) mass is 393 g/mol. The summed E-state index contributed by atoms with van der Waals surface area (Å²) in [6.07, 6.45) is -0.986. The minimum absolute atomic E-state index is 0.00810. The molecule has 6 heteroatoms. The Balaban J connectivity index is 2.02. The van der Waals surface area contributed by atoms with Gasteiger partial charge in [0.25, 0.3) is 5.91 Å². The molecule has 1 atom stereocenters. The van der Waals surface area contributed by atoms with Crippen LogP contribution in [0.25, 0.3) is 0 Å². The standard InChI is InChI=1S/C20H21Cl2NO3/c1-12(18(24)23-17-11-15(21)9-10-16(17)22)26-19(25)13-5-7-14(8-6-13)20(2,3)4/h5-12H,1-4H3,(H,23,24)/t12-/m0/s1. The van der Waals surface area contributed by atoms with Crippen LogP contribution in [0.5, 0.6) is 0 Å². The molecule has 0 bridgehead atoms. The lowest BCUT2D eigenvalue weighted by Crippen LogP contribution is -2.30. The number of amides is 1. The molecule has 0 aromatic heterocycles. The van der Waals surface area contributed by atoms with E-state index in [9.17, 15) is 9.59 Å². The van der Waals surface area contributed by atoms with E-state index in [4.69, 9.17) is 27.9 Å². The lowest BCUT2D eigenvalue weighted by molar-refractivity contribution is -0.123. The van der Waals surface area contributed by atoms with Gasteiger partial charge in [0.1, 0.15) is 0 Å². The number of hydrogen-bond donors (Lipinski definition) is 1. The third-order valence-electron chi connectivity index (χ3n) is 3.83. The summed E-state index contributed by atoms with van der Waals surface area (Å²) in [7, 11) is 0. The van der Waals surface area contributed by atoms with Gasteiger partial charge in [-0.25, -0.2) is 4.79 Å². The first-order chi connectivity index (χ1) is 12.1. The second-order valence-electron chi connectivity index (χ2n) is 6.99. The molecule has 1 N–H and O–H groups in total. The molecule has 0 radical (unpaired) electrons. The lowest BCUT2D eigenvalue weighted by Gasteiger charge is -2.19. The van der Waals surface area contributed by atoms with Crippen molar-refractivity contribution in [2.75, 3.05) is 5.32 Å². The van der Waals surface area contributed by atoms with Gasteiger partial charge in [-0.05, 0) is 48.2 Å². The Morgan fingerprint density at radius 1 is 1.04 bits per heavy atom. The third kappa shape index (κ3) is 5.23. The van der Waals surface area contributed by atoms with Crippen LogP contribution in [0.1, 0.15) is 43.6 Å². The van der Waals surface area contributed by atoms with Crippen LogP contribution in [0.4, 0.5) is 5.69 Å². The normalized spacial score (nSPS) is 12.4. The molecule has 2 rings (SSSR count). The van der Waals surface area contributed by atoms with Gasteiger partial charge in [0.2, 0.25) is 0 Å². The molecule has 0 fully saturated rings. The van der Waals surface area contributed by atoms with E-state index in [1.165, 1.54) is 13.0 Å². The fourth-order valence-corrected chi connectivity index (χ4v) is 2.55. The predicted octanol–water partition coefficient (Wildman–Crippen LogP) is 5.47. The van der Waals surface area contributed by atoms with Crippen molar-refractivity contribution in [1.29, 1.82) is 0 Å². The van der Waals surface area contributed by atoms with Crippen molar-refractivity contribution in [3.63, 3.8) is 0 Å². The number of anilines is 1. The second kappa shape index (κ2) is 8.11.